The number of rotatable bonds is 5. The standard InChI is InChI=1S/C24H28N6O3/c1-17-24(18(2)30(27-17)22-5-3-4-8-25-22)29-11-9-28(10-12-29)16-23(31)26-19-6-7-20-21(15-19)33-14-13-32-20/h3-8,15H,9-14,16H2,1-2H3,(H,26,31). The molecule has 3 aromatic rings. The highest BCUT2D eigenvalue weighted by atomic mass is 16.6. The molecular weight excluding hydrogens is 420 g/mol. The summed E-state index contributed by atoms with van der Waals surface area (Å²) in [6, 6.07) is 11.3. The summed E-state index contributed by atoms with van der Waals surface area (Å²) in [6.45, 7) is 8.84. The molecule has 1 aromatic carbocycles. The molecule has 0 aliphatic carbocycles. The number of ether oxygens (including phenoxy) is 2. The summed E-state index contributed by atoms with van der Waals surface area (Å²) >= 11 is 0. The van der Waals surface area contributed by atoms with Crippen molar-refractivity contribution in [2.45, 2.75) is 13.8 Å². The van der Waals surface area contributed by atoms with E-state index in [1.165, 1.54) is 0 Å². The third kappa shape index (κ3) is 4.49. The number of benzene rings is 1. The average molecular weight is 449 g/mol. The van der Waals surface area contributed by atoms with Gasteiger partial charge < -0.3 is 19.7 Å². The summed E-state index contributed by atoms with van der Waals surface area (Å²) < 4.78 is 13.0. The lowest BCUT2D eigenvalue weighted by Gasteiger charge is -2.35. The average Bonchev–Trinajstić information content (AvgIpc) is 3.14. The molecule has 2 aliphatic rings. The molecular formula is C24H28N6O3. The number of carbonyl (C=O) groups excluding carboxylic acids is 1. The van der Waals surface area contributed by atoms with Crippen molar-refractivity contribution in [1.82, 2.24) is 19.7 Å². The second-order valence-corrected chi connectivity index (χ2v) is 8.29. The number of hydrogen-bond acceptors (Lipinski definition) is 7. The summed E-state index contributed by atoms with van der Waals surface area (Å²) in [5, 5.41) is 7.69. The molecule has 0 unspecified atom stereocenters. The van der Waals surface area contributed by atoms with E-state index in [0.29, 0.717) is 31.3 Å². The number of aryl methyl sites for hydroxylation is 1. The van der Waals surface area contributed by atoms with Gasteiger partial charge in [0.15, 0.2) is 17.3 Å². The lowest BCUT2D eigenvalue weighted by Crippen LogP contribution is -2.49. The zero-order chi connectivity index (χ0) is 22.8. The number of aromatic nitrogens is 3. The fourth-order valence-electron chi connectivity index (χ4n) is 4.45. The minimum Gasteiger partial charge on any atom is -0.486 e. The Labute approximate surface area is 192 Å². The Morgan fingerprint density at radius 2 is 1.82 bits per heavy atom. The number of fused-ring (bicyclic) bond motifs is 1. The van der Waals surface area contributed by atoms with Crippen LogP contribution < -0.4 is 19.7 Å². The summed E-state index contributed by atoms with van der Waals surface area (Å²) in [5.74, 6) is 2.17. The van der Waals surface area contributed by atoms with Crippen molar-refractivity contribution in [1.29, 1.82) is 0 Å². The van der Waals surface area contributed by atoms with Crippen LogP contribution in [-0.4, -0.2) is 71.5 Å². The molecule has 0 spiro atoms. The topological polar surface area (TPSA) is 84.8 Å². The zero-order valence-electron chi connectivity index (χ0n) is 19.0. The van der Waals surface area contributed by atoms with Crippen LogP contribution in [0.1, 0.15) is 11.4 Å². The van der Waals surface area contributed by atoms with Crippen molar-refractivity contribution < 1.29 is 14.3 Å². The molecule has 0 bridgehead atoms. The van der Waals surface area contributed by atoms with Gasteiger partial charge in [-0.1, -0.05) is 6.07 Å². The Kier molecular flexibility index (Phi) is 5.87. The van der Waals surface area contributed by atoms with Gasteiger partial charge in [0.25, 0.3) is 0 Å². The molecule has 5 rings (SSSR count). The van der Waals surface area contributed by atoms with Gasteiger partial charge in [-0.2, -0.15) is 5.10 Å². The normalized spacial score (nSPS) is 16.0. The molecule has 0 saturated carbocycles. The fraction of sp³-hybridized carbons (Fsp3) is 0.375. The molecule has 9 heteroatoms. The van der Waals surface area contributed by atoms with Gasteiger partial charge in [0.05, 0.1) is 23.6 Å². The lowest BCUT2D eigenvalue weighted by atomic mass is 10.2. The van der Waals surface area contributed by atoms with Crippen molar-refractivity contribution in [2.75, 3.05) is 56.2 Å². The van der Waals surface area contributed by atoms with Crippen LogP contribution in [0.3, 0.4) is 0 Å². The van der Waals surface area contributed by atoms with Gasteiger partial charge in [0.1, 0.15) is 13.2 Å². The SMILES string of the molecule is Cc1nn(-c2ccccn2)c(C)c1N1CCN(CC(=O)Nc2ccc3c(c2)OCCO3)CC1. The molecule has 1 fully saturated rings. The molecule has 33 heavy (non-hydrogen) atoms. The van der Waals surface area contributed by atoms with E-state index in [0.717, 1.165) is 54.8 Å². The summed E-state index contributed by atoms with van der Waals surface area (Å²) in [7, 11) is 0. The van der Waals surface area contributed by atoms with E-state index >= 15 is 0 Å². The van der Waals surface area contributed by atoms with Gasteiger partial charge in [-0.3, -0.25) is 9.69 Å². The van der Waals surface area contributed by atoms with E-state index in [4.69, 9.17) is 14.6 Å². The van der Waals surface area contributed by atoms with Crippen LogP contribution in [0.4, 0.5) is 11.4 Å². The van der Waals surface area contributed by atoms with Crippen LogP contribution in [-0.2, 0) is 4.79 Å². The Balaban J connectivity index is 1.18. The highest BCUT2D eigenvalue weighted by Gasteiger charge is 2.24. The van der Waals surface area contributed by atoms with Crippen molar-refractivity contribution >= 4 is 17.3 Å². The molecule has 1 saturated heterocycles. The molecule has 9 nitrogen and oxygen atoms in total. The smallest absolute Gasteiger partial charge is 0.238 e. The molecule has 1 amide bonds. The van der Waals surface area contributed by atoms with Gasteiger partial charge in [0.2, 0.25) is 5.91 Å². The third-order valence-electron chi connectivity index (χ3n) is 6.00. The van der Waals surface area contributed by atoms with Crippen molar-refractivity contribution in [3.05, 3.63) is 54.0 Å². The summed E-state index contributed by atoms with van der Waals surface area (Å²) in [6.07, 6.45) is 1.78. The summed E-state index contributed by atoms with van der Waals surface area (Å²) in [4.78, 5) is 21.6. The van der Waals surface area contributed by atoms with Gasteiger partial charge in [0, 0.05) is 44.1 Å². The third-order valence-corrected chi connectivity index (χ3v) is 6.00. The van der Waals surface area contributed by atoms with Crippen LogP contribution in [0.15, 0.2) is 42.6 Å². The predicted molar refractivity (Wildman–Crippen MR) is 126 cm³/mol. The first-order valence-corrected chi connectivity index (χ1v) is 11.2. The van der Waals surface area contributed by atoms with E-state index < -0.39 is 0 Å². The lowest BCUT2D eigenvalue weighted by molar-refractivity contribution is -0.117. The van der Waals surface area contributed by atoms with Crippen molar-refractivity contribution in [3.63, 3.8) is 0 Å². The van der Waals surface area contributed by atoms with E-state index in [-0.39, 0.29) is 5.91 Å². The second kappa shape index (κ2) is 9.11. The van der Waals surface area contributed by atoms with Crippen LogP contribution in [0.25, 0.3) is 5.82 Å². The first kappa shape index (κ1) is 21.3. The maximum absolute atomic E-state index is 12.6. The van der Waals surface area contributed by atoms with E-state index in [9.17, 15) is 4.79 Å². The molecule has 0 radical (unpaired) electrons. The molecule has 2 aliphatic heterocycles. The number of hydrogen-bond donors (Lipinski definition) is 1. The molecule has 1 N–H and O–H groups in total. The van der Waals surface area contributed by atoms with Gasteiger partial charge in [-0.15, -0.1) is 0 Å². The predicted octanol–water partition coefficient (Wildman–Crippen LogP) is 2.42. The molecule has 172 valence electrons. The van der Waals surface area contributed by atoms with Crippen LogP contribution in [0.2, 0.25) is 0 Å². The van der Waals surface area contributed by atoms with Crippen molar-refractivity contribution in [3.8, 4) is 17.3 Å². The van der Waals surface area contributed by atoms with Gasteiger partial charge >= 0.3 is 0 Å². The number of nitrogens with one attached hydrogen (secondary N) is 1. The number of anilines is 2. The second-order valence-electron chi connectivity index (χ2n) is 8.29. The Morgan fingerprint density at radius 3 is 2.58 bits per heavy atom. The maximum atomic E-state index is 12.6. The number of pyridine rings is 1. The Morgan fingerprint density at radius 1 is 1.03 bits per heavy atom. The quantitative estimate of drug-likeness (QED) is 0.642. The van der Waals surface area contributed by atoms with Gasteiger partial charge in [-0.25, -0.2) is 9.67 Å². The van der Waals surface area contributed by atoms with Crippen LogP contribution in [0, 0.1) is 13.8 Å². The Hall–Kier alpha value is -3.59. The monoisotopic (exact) mass is 448 g/mol. The number of amides is 1. The Bertz CT molecular complexity index is 1140. The minimum absolute atomic E-state index is 0.0320. The fourth-order valence-corrected chi connectivity index (χ4v) is 4.45. The van der Waals surface area contributed by atoms with E-state index in [1.807, 2.05) is 48.0 Å². The minimum atomic E-state index is -0.0320. The van der Waals surface area contributed by atoms with Crippen LogP contribution in [0.5, 0.6) is 11.5 Å². The van der Waals surface area contributed by atoms with Crippen LogP contribution >= 0.6 is 0 Å². The molecule has 4 heterocycles. The number of nitrogens with zero attached hydrogens (tertiary/aromatic N) is 5. The first-order chi connectivity index (χ1) is 16.1. The highest BCUT2D eigenvalue weighted by molar-refractivity contribution is 5.92. The van der Waals surface area contributed by atoms with E-state index in [2.05, 4.69) is 27.0 Å². The summed E-state index contributed by atoms with van der Waals surface area (Å²) in [5.41, 5.74) is 3.94. The number of piperazine rings is 1. The van der Waals surface area contributed by atoms with Crippen molar-refractivity contribution in [2.24, 2.45) is 0 Å². The van der Waals surface area contributed by atoms with Gasteiger partial charge in [-0.05, 0) is 38.1 Å². The number of carbonyl (C=O) groups is 1. The van der Waals surface area contributed by atoms with E-state index in [1.54, 1.807) is 6.20 Å². The molecule has 2 aromatic heterocycles. The zero-order valence-corrected chi connectivity index (χ0v) is 19.0. The first-order valence-electron chi connectivity index (χ1n) is 11.2. The molecule has 0 atom stereocenters. The largest absolute Gasteiger partial charge is 0.486 e. The highest BCUT2D eigenvalue weighted by Crippen LogP contribution is 2.32. The maximum Gasteiger partial charge on any atom is 0.238 e.